The first-order chi connectivity index (χ1) is 10.1. The predicted molar refractivity (Wildman–Crippen MR) is 88.8 cm³/mol. The van der Waals surface area contributed by atoms with Crippen LogP contribution in [0.25, 0.3) is 0 Å². The van der Waals surface area contributed by atoms with Gasteiger partial charge in [-0.05, 0) is 49.3 Å². The molecule has 1 saturated heterocycles. The Morgan fingerprint density at radius 2 is 2.10 bits per heavy atom. The third kappa shape index (κ3) is 3.34. The van der Waals surface area contributed by atoms with Crippen LogP contribution in [0.5, 0.6) is 0 Å². The highest BCUT2D eigenvalue weighted by Gasteiger charge is 2.44. The summed E-state index contributed by atoms with van der Waals surface area (Å²) in [5.74, 6) is 1.44. The molecule has 1 aromatic carbocycles. The third-order valence-corrected chi connectivity index (χ3v) is 5.09. The van der Waals surface area contributed by atoms with E-state index in [2.05, 4.69) is 24.0 Å². The summed E-state index contributed by atoms with van der Waals surface area (Å²) in [6.07, 6.45) is 4.92. The van der Waals surface area contributed by atoms with Crippen molar-refractivity contribution in [1.29, 1.82) is 0 Å². The Kier molecular flexibility index (Phi) is 4.12. The van der Waals surface area contributed by atoms with Gasteiger partial charge in [0, 0.05) is 23.5 Å². The number of rotatable bonds is 3. The van der Waals surface area contributed by atoms with E-state index in [9.17, 15) is 0 Å². The number of nitrogens with two attached hydrogens (primary N) is 1. The van der Waals surface area contributed by atoms with Gasteiger partial charge in [-0.2, -0.15) is 0 Å². The molecule has 1 saturated carbocycles. The van der Waals surface area contributed by atoms with Crippen LogP contribution < -0.4 is 5.73 Å². The number of hydrogen-bond acceptors (Lipinski definition) is 1. The van der Waals surface area contributed by atoms with Crippen LogP contribution in [0.2, 0.25) is 5.02 Å². The lowest BCUT2D eigenvalue weighted by Gasteiger charge is -2.32. The first kappa shape index (κ1) is 14.7. The molecule has 4 heteroatoms. The first-order valence-corrected chi connectivity index (χ1v) is 8.28. The van der Waals surface area contributed by atoms with Gasteiger partial charge in [0.1, 0.15) is 0 Å². The van der Waals surface area contributed by atoms with Crippen molar-refractivity contribution >= 4 is 17.6 Å². The van der Waals surface area contributed by atoms with Crippen molar-refractivity contribution in [2.45, 2.75) is 38.0 Å². The molecule has 0 spiro atoms. The molecular weight excluding hydrogens is 282 g/mol. The number of benzene rings is 1. The topological polar surface area (TPSA) is 41.6 Å². The molecule has 2 N–H and O–H groups in total. The second-order valence-corrected chi connectivity index (χ2v) is 7.09. The molecule has 1 unspecified atom stereocenters. The molecule has 0 amide bonds. The van der Waals surface area contributed by atoms with Gasteiger partial charge in [-0.3, -0.25) is 4.99 Å². The molecule has 2 aliphatic rings. The van der Waals surface area contributed by atoms with Gasteiger partial charge in [-0.25, -0.2) is 0 Å². The van der Waals surface area contributed by atoms with E-state index in [-0.39, 0.29) is 5.41 Å². The largest absolute Gasteiger partial charge is 0.370 e. The van der Waals surface area contributed by atoms with Crippen molar-refractivity contribution in [1.82, 2.24) is 4.90 Å². The van der Waals surface area contributed by atoms with Crippen LogP contribution in [-0.2, 0) is 5.41 Å². The summed E-state index contributed by atoms with van der Waals surface area (Å²) in [6.45, 7) is 5.18. The van der Waals surface area contributed by atoms with Crippen molar-refractivity contribution in [3.05, 3.63) is 34.9 Å². The normalized spacial score (nSPS) is 25.0. The van der Waals surface area contributed by atoms with Gasteiger partial charge in [0.15, 0.2) is 5.96 Å². The minimum atomic E-state index is 0.205. The Morgan fingerprint density at radius 1 is 1.38 bits per heavy atom. The van der Waals surface area contributed by atoms with Gasteiger partial charge in [-0.1, -0.05) is 30.7 Å². The highest BCUT2D eigenvalue weighted by atomic mass is 35.5. The average Bonchev–Trinajstić information content (AvgIpc) is 3.27. The molecule has 1 aliphatic heterocycles. The average molecular weight is 306 g/mol. The first-order valence-electron chi connectivity index (χ1n) is 7.90. The second-order valence-electron chi connectivity index (χ2n) is 6.66. The lowest BCUT2D eigenvalue weighted by molar-refractivity contribution is 0.270. The molecule has 1 atom stereocenters. The third-order valence-electron chi connectivity index (χ3n) is 4.83. The zero-order valence-corrected chi connectivity index (χ0v) is 13.4. The molecule has 1 heterocycles. The van der Waals surface area contributed by atoms with Crippen LogP contribution in [0.3, 0.4) is 0 Å². The molecular formula is C17H24ClN3. The number of hydrogen-bond donors (Lipinski definition) is 1. The zero-order valence-electron chi connectivity index (χ0n) is 12.7. The predicted octanol–water partition coefficient (Wildman–Crippen LogP) is 3.42. The maximum atomic E-state index is 6.20. The number of aliphatic imine (C=N–C) groups is 1. The Morgan fingerprint density at radius 3 is 2.71 bits per heavy atom. The number of guanidine groups is 1. The number of likely N-dealkylation sites (tertiary alicyclic amines) is 1. The van der Waals surface area contributed by atoms with E-state index in [1.807, 2.05) is 12.1 Å². The van der Waals surface area contributed by atoms with Gasteiger partial charge < -0.3 is 10.6 Å². The fourth-order valence-electron chi connectivity index (χ4n) is 3.22. The van der Waals surface area contributed by atoms with Crippen LogP contribution in [0.1, 0.15) is 38.2 Å². The van der Waals surface area contributed by atoms with E-state index in [0.717, 1.165) is 36.5 Å². The van der Waals surface area contributed by atoms with E-state index in [4.69, 9.17) is 22.3 Å². The lowest BCUT2D eigenvalue weighted by atomic mass is 9.96. The molecule has 21 heavy (non-hydrogen) atoms. The summed E-state index contributed by atoms with van der Waals surface area (Å²) in [7, 11) is 0. The molecule has 3 rings (SSSR count). The van der Waals surface area contributed by atoms with Crippen molar-refractivity contribution in [2.24, 2.45) is 16.6 Å². The minimum Gasteiger partial charge on any atom is -0.370 e. The van der Waals surface area contributed by atoms with Crippen LogP contribution in [-0.4, -0.2) is 30.5 Å². The number of piperidine rings is 1. The second kappa shape index (κ2) is 5.88. The van der Waals surface area contributed by atoms with E-state index >= 15 is 0 Å². The highest BCUT2D eigenvalue weighted by Crippen LogP contribution is 2.48. The molecule has 0 aromatic heterocycles. The van der Waals surface area contributed by atoms with E-state index in [1.165, 1.54) is 31.2 Å². The number of nitrogens with zero attached hydrogens (tertiary/aromatic N) is 2. The maximum Gasteiger partial charge on any atom is 0.191 e. The monoisotopic (exact) mass is 305 g/mol. The van der Waals surface area contributed by atoms with E-state index in [0.29, 0.717) is 0 Å². The Bertz CT molecular complexity index is 519. The van der Waals surface area contributed by atoms with Crippen LogP contribution in [0.4, 0.5) is 0 Å². The Labute approximate surface area is 132 Å². The SMILES string of the molecule is CC1CCCN(C(N)=NCC2(c3ccc(Cl)cc3)CC2)C1. The molecule has 1 aliphatic carbocycles. The number of halogens is 1. The van der Waals surface area contributed by atoms with Crippen molar-refractivity contribution < 1.29 is 0 Å². The van der Waals surface area contributed by atoms with Crippen LogP contribution >= 0.6 is 11.6 Å². The smallest absolute Gasteiger partial charge is 0.191 e. The van der Waals surface area contributed by atoms with Crippen LogP contribution in [0.15, 0.2) is 29.3 Å². The van der Waals surface area contributed by atoms with Gasteiger partial charge in [0.2, 0.25) is 0 Å². The maximum absolute atomic E-state index is 6.20. The Hall–Kier alpha value is -1.22. The molecule has 114 valence electrons. The Balaban J connectivity index is 1.65. The summed E-state index contributed by atoms with van der Waals surface area (Å²) in [5, 5.41) is 0.792. The van der Waals surface area contributed by atoms with Gasteiger partial charge >= 0.3 is 0 Å². The fourth-order valence-corrected chi connectivity index (χ4v) is 3.35. The van der Waals surface area contributed by atoms with Crippen LogP contribution in [0, 0.1) is 5.92 Å². The lowest BCUT2D eigenvalue weighted by Crippen LogP contribution is -2.43. The summed E-state index contributed by atoms with van der Waals surface area (Å²) in [6, 6.07) is 8.20. The van der Waals surface area contributed by atoms with Gasteiger partial charge in [0.05, 0.1) is 6.54 Å². The molecule has 0 bridgehead atoms. The molecule has 2 fully saturated rings. The molecule has 3 nitrogen and oxygen atoms in total. The fraction of sp³-hybridized carbons (Fsp3) is 0.588. The highest BCUT2D eigenvalue weighted by molar-refractivity contribution is 6.30. The summed E-state index contributed by atoms with van der Waals surface area (Å²) < 4.78 is 0. The zero-order chi connectivity index (χ0) is 14.9. The summed E-state index contributed by atoms with van der Waals surface area (Å²) in [4.78, 5) is 6.94. The molecule has 0 radical (unpaired) electrons. The summed E-state index contributed by atoms with van der Waals surface area (Å²) >= 11 is 5.97. The van der Waals surface area contributed by atoms with Crippen molar-refractivity contribution in [3.8, 4) is 0 Å². The van der Waals surface area contributed by atoms with Gasteiger partial charge in [-0.15, -0.1) is 0 Å². The quantitative estimate of drug-likeness (QED) is 0.687. The van der Waals surface area contributed by atoms with Crippen molar-refractivity contribution in [2.75, 3.05) is 19.6 Å². The summed E-state index contributed by atoms with van der Waals surface area (Å²) in [5.41, 5.74) is 7.75. The van der Waals surface area contributed by atoms with Gasteiger partial charge in [0.25, 0.3) is 0 Å². The molecule has 1 aromatic rings. The standard InChI is InChI=1S/C17H24ClN3/c1-13-3-2-10-21(11-13)16(19)20-12-17(8-9-17)14-4-6-15(18)7-5-14/h4-7,13H,2-3,8-12H2,1H3,(H2,19,20). The minimum absolute atomic E-state index is 0.205. The van der Waals surface area contributed by atoms with E-state index in [1.54, 1.807) is 0 Å². The van der Waals surface area contributed by atoms with Crippen molar-refractivity contribution in [3.63, 3.8) is 0 Å². The van der Waals surface area contributed by atoms with E-state index < -0.39 is 0 Å².